The number of anilines is 1. The Labute approximate surface area is 81.9 Å². The van der Waals surface area contributed by atoms with Crippen molar-refractivity contribution in [3.8, 4) is 0 Å². The van der Waals surface area contributed by atoms with E-state index in [0.717, 1.165) is 0 Å². The maximum absolute atomic E-state index is 11.3. The summed E-state index contributed by atoms with van der Waals surface area (Å²) in [6.07, 6.45) is 0. The molecule has 0 fully saturated rings. The van der Waals surface area contributed by atoms with E-state index in [2.05, 4.69) is 36.1 Å². The van der Waals surface area contributed by atoms with Gasteiger partial charge in [-0.15, -0.1) is 10.2 Å². The van der Waals surface area contributed by atoms with Crippen molar-refractivity contribution in [3.63, 3.8) is 0 Å². The molecule has 0 bridgehead atoms. The third-order valence-corrected chi connectivity index (χ3v) is 1.47. The lowest BCUT2D eigenvalue weighted by Gasteiger charge is -1.98. The van der Waals surface area contributed by atoms with Crippen molar-refractivity contribution in [2.75, 3.05) is 5.32 Å². The fourth-order valence-corrected chi connectivity index (χ4v) is 0.844. The van der Waals surface area contributed by atoms with Crippen LogP contribution in [0, 0.1) is 0 Å². The van der Waals surface area contributed by atoms with Crippen molar-refractivity contribution in [2.24, 2.45) is 0 Å². The van der Waals surface area contributed by atoms with Crippen LogP contribution in [-0.4, -0.2) is 36.7 Å². The zero-order chi connectivity index (χ0) is 10.7. The van der Waals surface area contributed by atoms with Gasteiger partial charge in [-0.2, -0.15) is 10.3 Å². The SMILES string of the molecule is O=C(Nc1ccc(=O)[nH]n1)c1nn[nH]n1. The average Bonchev–Trinajstić information content (AvgIpc) is 2.74. The minimum absolute atomic E-state index is 0.108. The molecule has 0 radical (unpaired) electrons. The standard InChI is InChI=1S/C6H5N7O2/c14-4-2-1-3(8-9-4)7-6(15)5-10-12-13-11-5/h1-2H,(H,9,14)(H,7,8,15)(H,10,11,12,13). The second-order valence-electron chi connectivity index (χ2n) is 2.50. The molecular weight excluding hydrogens is 202 g/mol. The summed E-state index contributed by atoms with van der Waals surface area (Å²) >= 11 is 0. The Hall–Kier alpha value is -2.58. The highest BCUT2D eigenvalue weighted by atomic mass is 16.2. The molecule has 0 aromatic carbocycles. The van der Waals surface area contributed by atoms with Crippen molar-refractivity contribution < 1.29 is 4.79 Å². The van der Waals surface area contributed by atoms with Crippen LogP contribution in [0.5, 0.6) is 0 Å². The first-order valence-corrected chi connectivity index (χ1v) is 3.86. The van der Waals surface area contributed by atoms with Crippen LogP contribution in [0.15, 0.2) is 16.9 Å². The molecule has 2 aromatic rings. The molecule has 2 rings (SSSR count). The van der Waals surface area contributed by atoms with Gasteiger partial charge >= 0.3 is 0 Å². The van der Waals surface area contributed by atoms with Crippen LogP contribution < -0.4 is 10.9 Å². The van der Waals surface area contributed by atoms with Gasteiger partial charge in [0, 0.05) is 6.07 Å². The van der Waals surface area contributed by atoms with Gasteiger partial charge in [-0.3, -0.25) is 9.59 Å². The minimum Gasteiger partial charge on any atom is -0.302 e. The van der Waals surface area contributed by atoms with Crippen LogP contribution in [0.4, 0.5) is 5.82 Å². The molecule has 9 heteroatoms. The van der Waals surface area contributed by atoms with Crippen molar-refractivity contribution in [1.29, 1.82) is 0 Å². The number of rotatable bonds is 2. The molecule has 0 aliphatic carbocycles. The summed E-state index contributed by atoms with van der Waals surface area (Å²) in [5.41, 5.74) is -0.354. The van der Waals surface area contributed by atoms with Gasteiger partial charge < -0.3 is 5.32 Å². The van der Waals surface area contributed by atoms with Gasteiger partial charge in [0.25, 0.3) is 17.3 Å². The number of nitrogens with one attached hydrogen (secondary N) is 3. The van der Waals surface area contributed by atoms with Crippen molar-refractivity contribution >= 4 is 11.7 Å². The number of amides is 1. The summed E-state index contributed by atoms with van der Waals surface area (Å²) in [5.74, 6) is -0.476. The fourth-order valence-electron chi connectivity index (χ4n) is 0.844. The summed E-state index contributed by atoms with van der Waals surface area (Å²) in [5, 5.41) is 20.4. The minimum atomic E-state index is -0.566. The number of hydrogen-bond donors (Lipinski definition) is 3. The Balaban J connectivity index is 2.13. The predicted octanol–water partition coefficient (Wildman–Crippen LogP) is -1.46. The highest BCUT2D eigenvalue weighted by Gasteiger charge is 2.10. The third-order valence-electron chi connectivity index (χ3n) is 1.47. The first kappa shape index (κ1) is 8.99. The molecule has 0 atom stereocenters. The van der Waals surface area contributed by atoms with Crippen LogP contribution in [0.3, 0.4) is 0 Å². The number of carbonyl (C=O) groups excluding carboxylic acids is 1. The Morgan fingerprint density at radius 3 is 2.80 bits per heavy atom. The van der Waals surface area contributed by atoms with Gasteiger partial charge in [-0.05, 0) is 11.3 Å². The highest BCUT2D eigenvalue weighted by molar-refractivity contribution is 6.00. The van der Waals surface area contributed by atoms with Crippen LogP contribution in [0.1, 0.15) is 10.6 Å². The Morgan fingerprint density at radius 1 is 1.33 bits per heavy atom. The van der Waals surface area contributed by atoms with Crippen LogP contribution in [0.25, 0.3) is 0 Å². The van der Waals surface area contributed by atoms with Gasteiger partial charge in [0.1, 0.15) is 0 Å². The molecule has 3 N–H and O–H groups in total. The lowest BCUT2D eigenvalue weighted by molar-refractivity contribution is 0.101. The quantitative estimate of drug-likeness (QED) is 0.551. The normalized spacial score (nSPS) is 9.87. The lowest BCUT2D eigenvalue weighted by atomic mass is 10.5. The summed E-state index contributed by atoms with van der Waals surface area (Å²) in [6, 6.07) is 2.59. The molecule has 1 amide bonds. The van der Waals surface area contributed by atoms with Gasteiger partial charge in [-0.25, -0.2) is 5.10 Å². The van der Waals surface area contributed by atoms with E-state index in [1.54, 1.807) is 0 Å². The molecule has 0 aliphatic rings. The zero-order valence-electron chi connectivity index (χ0n) is 7.26. The highest BCUT2D eigenvalue weighted by Crippen LogP contribution is 1.97. The zero-order valence-corrected chi connectivity index (χ0v) is 7.26. The van der Waals surface area contributed by atoms with E-state index < -0.39 is 5.91 Å². The van der Waals surface area contributed by atoms with Gasteiger partial charge in [0.05, 0.1) is 0 Å². The van der Waals surface area contributed by atoms with Crippen LogP contribution in [-0.2, 0) is 0 Å². The van der Waals surface area contributed by atoms with Gasteiger partial charge in [0.15, 0.2) is 5.82 Å². The van der Waals surface area contributed by atoms with E-state index in [0.29, 0.717) is 0 Å². The number of hydrogen-bond acceptors (Lipinski definition) is 6. The number of tetrazole rings is 1. The second kappa shape index (κ2) is 3.65. The smallest absolute Gasteiger partial charge is 0.298 e. The molecule has 2 aromatic heterocycles. The molecule has 0 saturated heterocycles. The second-order valence-corrected chi connectivity index (χ2v) is 2.50. The van der Waals surface area contributed by atoms with Crippen LogP contribution in [0.2, 0.25) is 0 Å². The Morgan fingerprint density at radius 2 is 2.20 bits per heavy atom. The topological polar surface area (TPSA) is 129 Å². The van der Waals surface area contributed by atoms with Crippen LogP contribution >= 0.6 is 0 Å². The maximum atomic E-state index is 11.3. The van der Waals surface area contributed by atoms with Crippen molar-refractivity contribution in [3.05, 3.63) is 28.3 Å². The molecule has 76 valence electrons. The van der Waals surface area contributed by atoms with E-state index >= 15 is 0 Å². The molecule has 2 heterocycles. The fraction of sp³-hybridized carbons (Fsp3) is 0. The number of carbonyl (C=O) groups is 1. The maximum Gasteiger partial charge on any atom is 0.298 e. The third kappa shape index (κ3) is 2.02. The summed E-state index contributed by atoms with van der Waals surface area (Å²) in [6.45, 7) is 0. The summed E-state index contributed by atoms with van der Waals surface area (Å²) in [4.78, 5) is 22.0. The summed E-state index contributed by atoms with van der Waals surface area (Å²) in [7, 11) is 0. The molecule has 0 spiro atoms. The average molecular weight is 207 g/mol. The molecule has 15 heavy (non-hydrogen) atoms. The molecular formula is C6H5N7O2. The number of H-pyrrole nitrogens is 2. The van der Waals surface area contributed by atoms with Crippen molar-refractivity contribution in [2.45, 2.75) is 0 Å². The summed E-state index contributed by atoms with van der Waals surface area (Å²) < 4.78 is 0. The molecule has 0 aliphatic heterocycles. The van der Waals surface area contributed by atoms with E-state index in [9.17, 15) is 9.59 Å². The molecule has 0 unspecified atom stereocenters. The number of aromatic amines is 2. The monoisotopic (exact) mass is 207 g/mol. The lowest BCUT2D eigenvalue weighted by Crippen LogP contribution is -2.17. The van der Waals surface area contributed by atoms with Gasteiger partial charge in [0.2, 0.25) is 0 Å². The van der Waals surface area contributed by atoms with E-state index in [1.165, 1.54) is 12.1 Å². The van der Waals surface area contributed by atoms with E-state index in [4.69, 9.17) is 0 Å². The first-order valence-electron chi connectivity index (χ1n) is 3.86. The van der Waals surface area contributed by atoms with E-state index in [1.807, 2.05) is 0 Å². The Kier molecular flexibility index (Phi) is 2.19. The predicted molar refractivity (Wildman–Crippen MR) is 47.0 cm³/mol. The number of nitrogens with zero attached hydrogens (tertiary/aromatic N) is 4. The van der Waals surface area contributed by atoms with E-state index in [-0.39, 0.29) is 17.2 Å². The first-order chi connectivity index (χ1) is 7.25. The largest absolute Gasteiger partial charge is 0.302 e. The number of aromatic nitrogens is 6. The molecule has 0 saturated carbocycles. The Bertz CT molecular complexity index is 496. The van der Waals surface area contributed by atoms with Crippen molar-refractivity contribution in [1.82, 2.24) is 30.8 Å². The van der Waals surface area contributed by atoms with Gasteiger partial charge in [-0.1, -0.05) is 0 Å². The molecule has 9 nitrogen and oxygen atoms in total.